The van der Waals surface area contributed by atoms with Crippen LogP contribution >= 0.6 is 0 Å². The molecule has 0 radical (unpaired) electrons. The Labute approximate surface area is 201 Å². The van der Waals surface area contributed by atoms with Crippen molar-refractivity contribution in [3.63, 3.8) is 0 Å². The molecule has 1 unspecified atom stereocenters. The van der Waals surface area contributed by atoms with E-state index in [-0.39, 0.29) is 25.0 Å². The number of rotatable bonds is 10. The van der Waals surface area contributed by atoms with Gasteiger partial charge in [-0.05, 0) is 52.7 Å². The van der Waals surface area contributed by atoms with E-state index >= 15 is 0 Å². The van der Waals surface area contributed by atoms with E-state index in [4.69, 9.17) is 10.5 Å². The van der Waals surface area contributed by atoms with Crippen LogP contribution in [-0.2, 0) is 20.7 Å². The number of carbonyl (C=O) groups excluding carboxylic acids is 2. The molecule has 0 bridgehead atoms. The standard InChI is InChI=1S/C27H36N4O3/c1-19(2)31(24-18-29-22-14-10-9-13-21(22)24)30(16-15-25(32)34-27(3,4)5)23(26(28)33)17-20-11-7-6-8-12-20/h6-14,18-19,23,29H,15-17H2,1-5H3,(H2,28,33). The van der Waals surface area contributed by atoms with E-state index in [9.17, 15) is 9.59 Å². The summed E-state index contributed by atoms with van der Waals surface area (Å²) in [6.07, 6.45) is 2.49. The number of nitrogens with two attached hydrogens (primary N) is 1. The van der Waals surface area contributed by atoms with Crippen LogP contribution in [0.1, 0.15) is 46.6 Å². The van der Waals surface area contributed by atoms with Gasteiger partial charge in [0.2, 0.25) is 5.91 Å². The summed E-state index contributed by atoms with van der Waals surface area (Å²) in [5, 5.41) is 5.03. The Balaban J connectivity index is 2.01. The Morgan fingerprint density at radius 3 is 2.29 bits per heavy atom. The lowest BCUT2D eigenvalue weighted by Crippen LogP contribution is -2.58. The van der Waals surface area contributed by atoms with Gasteiger partial charge >= 0.3 is 5.97 Å². The molecule has 0 aliphatic carbocycles. The molecule has 0 aliphatic heterocycles. The minimum Gasteiger partial charge on any atom is -0.460 e. The predicted octanol–water partition coefficient (Wildman–Crippen LogP) is 4.43. The first kappa shape index (κ1) is 25.3. The molecule has 1 amide bonds. The summed E-state index contributed by atoms with van der Waals surface area (Å²) in [5.74, 6) is -0.762. The van der Waals surface area contributed by atoms with Gasteiger partial charge in [-0.15, -0.1) is 0 Å². The zero-order valence-corrected chi connectivity index (χ0v) is 20.7. The maximum Gasteiger partial charge on any atom is 0.307 e. The van der Waals surface area contributed by atoms with Gasteiger partial charge in [-0.2, -0.15) is 0 Å². The van der Waals surface area contributed by atoms with Gasteiger partial charge in [0.05, 0.1) is 12.1 Å². The van der Waals surface area contributed by atoms with Crippen LogP contribution < -0.4 is 10.7 Å². The minimum absolute atomic E-state index is 0.00420. The van der Waals surface area contributed by atoms with Gasteiger partial charge < -0.3 is 20.5 Å². The van der Waals surface area contributed by atoms with Gasteiger partial charge in [0.1, 0.15) is 11.6 Å². The Morgan fingerprint density at radius 2 is 1.68 bits per heavy atom. The number of esters is 1. The largest absolute Gasteiger partial charge is 0.460 e. The Hall–Kier alpha value is -3.32. The zero-order chi connectivity index (χ0) is 24.9. The Bertz CT molecular complexity index is 1100. The molecule has 7 nitrogen and oxygen atoms in total. The van der Waals surface area contributed by atoms with Crippen molar-refractivity contribution in [2.45, 2.75) is 65.1 Å². The van der Waals surface area contributed by atoms with Gasteiger partial charge in [0, 0.05) is 29.7 Å². The van der Waals surface area contributed by atoms with Crippen molar-refractivity contribution in [1.29, 1.82) is 0 Å². The number of hydrogen-bond donors (Lipinski definition) is 2. The number of aromatic nitrogens is 1. The number of nitrogens with one attached hydrogen (secondary N) is 1. The molecular formula is C27H36N4O3. The third kappa shape index (κ3) is 6.38. The molecule has 7 heteroatoms. The minimum atomic E-state index is -0.652. The molecule has 1 heterocycles. The smallest absolute Gasteiger partial charge is 0.307 e. The molecule has 1 atom stereocenters. The summed E-state index contributed by atoms with van der Waals surface area (Å²) >= 11 is 0. The zero-order valence-electron chi connectivity index (χ0n) is 20.7. The molecule has 182 valence electrons. The lowest BCUT2D eigenvalue weighted by molar-refractivity contribution is -0.155. The van der Waals surface area contributed by atoms with Crippen molar-refractivity contribution in [3.8, 4) is 0 Å². The fraction of sp³-hybridized carbons (Fsp3) is 0.407. The SMILES string of the molecule is CC(C)N(c1c[nH]c2ccccc12)N(CCC(=O)OC(C)(C)C)C(Cc1ccccc1)C(N)=O. The number of carbonyl (C=O) groups is 2. The van der Waals surface area contributed by atoms with Gasteiger partial charge in [0.25, 0.3) is 0 Å². The second-order valence-electron chi connectivity index (χ2n) is 9.77. The van der Waals surface area contributed by atoms with Crippen LogP contribution in [-0.4, -0.2) is 46.1 Å². The topological polar surface area (TPSA) is 91.7 Å². The summed E-state index contributed by atoms with van der Waals surface area (Å²) in [4.78, 5) is 28.7. The third-order valence-corrected chi connectivity index (χ3v) is 5.51. The molecule has 0 saturated carbocycles. The third-order valence-electron chi connectivity index (χ3n) is 5.51. The highest BCUT2D eigenvalue weighted by Crippen LogP contribution is 2.31. The monoisotopic (exact) mass is 464 g/mol. The van der Waals surface area contributed by atoms with Crippen LogP contribution in [0, 0.1) is 0 Å². The number of ether oxygens (including phenoxy) is 1. The maximum absolute atomic E-state index is 12.8. The van der Waals surface area contributed by atoms with Gasteiger partial charge in [-0.1, -0.05) is 48.5 Å². The molecule has 0 saturated heterocycles. The van der Waals surface area contributed by atoms with Gasteiger partial charge in [0.15, 0.2) is 0 Å². The van der Waals surface area contributed by atoms with Crippen molar-refractivity contribution in [3.05, 3.63) is 66.4 Å². The molecule has 34 heavy (non-hydrogen) atoms. The number of hydrogen-bond acceptors (Lipinski definition) is 5. The second-order valence-corrected chi connectivity index (χ2v) is 9.77. The van der Waals surface area contributed by atoms with E-state index in [0.717, 1.165) is 22.2 Å². The number of para-hydroxylation sites is 1. The number of aromatic amines is 1. The molecule has 0 spiro atoms. The van der Waals surface area contributed by atoms with Crippen LogP contribution in [0.3, 0.4) is 0 Å². The Morgan fingerprint density at radius 1 is 1.03 bits per heavy atom. The number of hydrazine groups is 1. The number of anilines is 1. The molecule has 0 fully saturated rings. The van der Waals surface area contributed by atoms with E-state index in [2.05, 4.69) is 23.8 Å². The highest BCUT2D eigenvalue weighted by Gasteiger charge is 2.33. The van der Waals surface area contributed by atoms with Crippen molar-refractivity contribution in [2.24, 2.45) is 5.73 Å². The number of nitrogens with zero attached hydrogens (tertiary/aromatic N) is 2. The second kappa shape index (κ2) is 10.7. The van der Waals surface area contributed by atoms with E-state index in [0.29, 0.717) is 6.42 Å². The fourth-order valence-electron chi connectivity index (χ4n) is 4.16. The molecule has 3 rings (SSSR count). The first-order valence-electron chi connectivity index (χ1n) is 11.7. The van der Waals surface area contributed by atoms with E-state index < -0.39 is 17.6 Å². The Kier molecular flexibility index (Phi) is 7.99. The molecule has 3 N–H and O–H groups in total. The van der Waals surface area contributed by atoms with Crippen molar-refractivity contribution >= 4 is 28.5 Å². The summed E-state index contributed by atoms with van der Waals surface area (Å²) in [6.45, 7) is 9.93. The summed E-state index contributed by atoms with van der Waals surface area (Å²) in [7, 11) is 0. The number of primary amides is 1. The molecular weight excluding hydrogens is 428 g/mol. The van der Waals surface area contributed by atoms with Crippen LogP contribution in [0.25, 0.3) is 10.9 Å². The van der Waals surface area contributed by atoms with Gasteiger partial charge in [-0.3, -0.25) is 9.59 Å². The molecule has 0 aliphatic rings. The average Bonchev–Trinajstić information content (AvgIpc) is 3.18. The highest BCUT2D eigenvalue weighted by atomic mass is 16.6. The lowest BCUT2D eigenvalue weighted by Gasteiger charge is -2.43. The first-order chi connectivity index (χ1) is 16.1. The van der Waals surface area contributed by atoms with Crippen LogP contribution in [0.4, 0.5) is 5.69 Å². The summed E-state index contributed by atoms with van der Waals surface area (Å²) in [6, 6.07) is 17.1. The van der Waals surface area contributed by atoms with E-state index in [1.807, 2.05) is 86.6 Å². The average molecular weight is 465 g/mol. The molecule has 3 aromatic rings. The first-order valence-corrected chi connectivity index (χ1v) is 11.7. The van der Waals surface area contributed by atoms with Crippen LogP contribution in [0.5, 0.6) is 0 Å². The summed E-state index contributed by atoms with van der Waals surface area (Å²) in [5.41, 5.74) is 8.30. The fourth-order valence-corrected chi connectivity index (χ4v) is 4.16. The highest BCUT2D eigenvalue weighted by molar-refractivity contribution is 5.93. The van der Waals surface area contributed by atoms with Gasteiger partial charge in [-0.25, -0.2) is 5.01 Å². The van der Waals surface area contributed by atoms with Crippen molar-refractivity contribution in [2.75, 3.05) is 11.6 Å². The number of benzene rings is 2. The van der Waals surface area contributed by atoms with Crippen molar-refractivity contribution in [1.82, 2.24) is 9.99 Å². The van der Waals surface area contributed by atoms with E-state index in [1.54, 1.807) is 0 Å². The van der Waals surface area contributed by atoms with E-state index in [1.165, 1.54) is 0 Å². The number of amides is 1. The predicted molar refractivity (Wildman–Crippen MR) is 136 cm³/mol. The maximum atomic E-state index is 12.8. The quantitative estimate of drug-likeness (QED) is 0.342. The number of H-pyrrole nitrogens is 1. The number of fused-ring (bicyclic) bond motifs is 1. The molecule has 2 aromatic carbocycles. The molecule has 1 aromatic heterocycles. The lowest BCUT2D eigenvalue weighted by atomic mass is 10.0. The normalized spacial score (nSPS) is 12.8. The van der Waals surface area contributed by atoms with Crippen molar-refractivity contribution < 1.29 is 14.3 Å². The summed E-state index contributed by atoms with van der Waals surface area (Å²) < 4.78 is 5.54. The van der Waals surface area contributed by atoms with Crippen LogP contribution in [0.2, 0.25) is 0 Å². The van der Waals surface area contributed by atoms with Crippen LogP contribution in [0.15, 0.2) is 60.8 Å².